The van der Waals surface area contributed by atoms with Gasteiger partial charge in [-0.3, -0.25) is 9.69 Å². The number of esters is 1. The highest BCUT2D eigenvalue weighted by atomic mass is 19.4. The maximum Gasteiger partial charge on any atom is 0.419 e. The molecule has 2 N–H and O–H groups in total. The Bertz CT molecular complexity index is 933. The number of likely N-dealkylation sites (tertiary alicyclic amines) is 1. The van der Waals surface area contributed by atoms with E-state index in [4.69, 9.17) is 9.47 Å². The van der Waals surface area contributed by atoms with Crippen LogP contribution in [0.3, 0.4) is 0 Å². The monoisotopic (exact) mass is 493 g/mol. The van der Waals surface area contributed by atoms with E-state index in [2.05, 4.69) is 4.98 Å². The first-order valence-corrected chi connectivity index (χ1v) is 10.2. The zero-order valence-corrected chi connectivity index (χ0v) is 19.5. The van der Waals surface area contributed by atoms with Crippen LogP contribution in [-0.4, -0.2) is 62.3 Å². The number of aromatic nitrogens is 1. The van der Waals surface area contributed by atoms with Gasteiger partial charge in [0.2, 0.25) is 0 Å². The summed E-state index contributed by atoms with van der Waals surface area (Å²) < 4.78 is 63.6. The van der Waals surface area contributed by atoms with Gasteiger partial charge in [0.15, 0.2) is 17.2 Å². The summed E-state index contributed by atoms with van der Waals surface area (Å²) in [4.78, 5) is 42.3. The molecule has 34 heavy (non-hydrogen) atoms. The van der Waals surface area contributed by atoms with E-state index in [1.807, 2.05) is 5.32 Å². The maximum atomic E-state index is 14.3. The van der Waals surface area contributed by atoms with E-state index in [9.17, 15) is 37.1 Å². The first-order chi connectivity index (χ1) is 15.2. The number of β-amino-alcohol motifs (C(OH)–C–C–N with tert-alkyl or cyclic N) is 1. The van der Waals surface area contributed by atoms with Crippen molar-refractivity contribution in [2.24, 2.45) is 0 Å². The second-order valence-corrected chi connectivity index (χ2v) is 9.87. The van der Waals surface area contributed by atoms with E-state index in [0.29, 0.717) is 12.3 Å². The van der Waals surface area contributed by atoms with Crippen LogP contribution in [0, 0.1) is 5.82 Å². The summed E-state index contributed by atoms with van der Waals surface area (Å²) in [6, 6.07) is -1.07. The molecule has 1 aromatic rings. The molecular formula is C21H27F4N3O6. The Morgan fingerprint density at radius 1 is 1.12 bits per heavy atom. The fourth-order valence-corrected chi connectivity index (χ4v) is 3.12. The highest BCUT2D eigenvalue weighted by molar-refractivity contribution is 5.99. The van der Waals surface area contributed by atoms with Crippen molar-refractivity contribution < 1.29 is 46.5 Å². The number of aliphatic hydroxyl groups is 1. The molecule has 0 aliphatic carbocycles. The van der Waals surface area contributed by atoms with Gasteiger partial charge in [0, 0.05) is 12.6 Å². The molecule has 1 saturated heterocycles. The Labute approximate surface area is 193 Å². The predicted molar refractivity (Wildman–Crippen MR) is 110 cm³/mol. The molecule has 2 amide bonds. The van der Waals surface area contributed by atoms with Crippen molar-refractivity contribution in [1.29, 1.82) is 0 Å². The van der Waals surface area contributed by atoms with Crippen LogP contribution < -0.4 is 5.32 Å². The molecule has 1 aromatic heterocycles. The van der Waals surface area contributed by atoms with Crippen LogP contribution >= 0.6 is 0 Å². The van der Waals surface area contributed by atoms with Gasteiger partial charge >= 0.3 is 18.2 Å². The van der Waals surface area contributed by atoms with Crippen LogP contribution in [0.4, 0.5) is 28.2 Å². The molecule has 2 heterocycles. The Morgan fingerprint density at radius 2 is 1.68 bits per heavy atom. The molecule has 0 aromatic carbocycles. The Kier molecular flexibility index (Phi) is 7.23. The molecule has 2 atom stereocenters. The molecule has 1 aliphatic rings. The molecule has 0 radical (unpaired) electrons. The largest absolute Gasteiger partial charge is 0.458 e. The fraction of sp³-hybridized carbons (Fsp3) is 0.619. The standard InChI is InChI=1S/C21H27F4N3O6/c1-18(2,3)33-15(29)12-9-20(32,10-28(12)17(31)34-19(4,5)6)16(30)27-14-13(22)11(7-8-26-14)21(23,24)25/h7-8,12,32H,9-10H2,1-6H3,(H,26,27,30)/t12-,20+/m0/s1. The van der Waals surface area contributed by atoms with Crippen molar-refractivity contribution in [1.82, 2.24) is 9.88 Å². The predicted octanol–water partition coefficient (Wildman–Crippen LogP) is 3.26. The Balaban J connectivity index is 2.35. The number of carbonyl (C=O) groups is 3. The van der Waals surface area contributed by atoms with E-state index in [1.54, 1.807) is 41.5 Å². The number of anilines is 1. The lowest BCUT2D eigenvalue weighted by atomic mass is 9.99. The maximum absolute atomic E-state index is 14.3. The zero-order chi connectivity index (χ0) is 26.3. The minimum Gasteiger partial charge on any atom is -0.458 e. The van der Waals surface area contributed by atoms with Gasteiger partial charge in [-0.2, -0.15) is 13.2 Å². The second-order valence-electron chi connectivity index (χ2n) is 9.87. The molecule has 190 valence electrons. The van der Waals surface area contributed by atoms with Gasteiger partial charge in [0.05, 0.1) is 12.1 Å². The number of hydrogen-bond donors (Lipinski definition) is 2. The second kappa shape index (κ2) is 9.01. The van der Waals surface area contributed by atoms with E-state index >= 15 is 0 Å². The molecule has 0 unspecified atom stereocenters. The number of nitrogens with zero attached hydrogens (tertiary/aromatic N) is 2. The third-order valence-corrected chi connectivity index (χ3v) is 4.50. The molecule has 2 rings (SSSR count). The molecule has 9 nitrogen and oxygen atoms in total. The summed E-state index contributed by atoms with van der Waals surface area (Å²) in [5, 5.41) is 12.7. The van der Waals surface area contributed by atoms with Crippen molar-refractivity contribution in [3.05, 3.63) is 23.6 Å². The SMILES string of the molecule is CC(C)(C)OC(=O)[C@@H]1C[C@](O)(C(=O)Nc2nccc(C(F)(F)F)c2F)CN1C(=O)OC(C)(C)C. The Hall–Kier alpha value is -2.96. The normalized spacial score (nSPS) is 21.3. The third-order valence-electron chi connectivity index (χ3n) is 4.50. The van der Waals surface area contributed by atoms with Gasteiger partial charge in [-0.05, 0) is 47.6 Å². The average Bonchev–Trinajstić information content (AvgIpc) is 2.99. The average molecular weight is 493 g/mol. The van der Waals surface area contributed by atoms with Gasteiger partial charge in [0.25, 0.3) is 5.91 Å². The minimum atomic E-state index is -5.05. The summed E-state index contributed by atoms with van der Waals surface area (Å²) in [6.07, 6.45) is -6.12. The number of nitrogens with one attached hydrogen (secondary N) is 1. The van der Waals surface area contributed by atoms with E-state index in [1.165, 1.54) is 0 Å². The number of rotatable bonds is 3. The number of halogens is 4. The van der Waals surface area contributed by atoms with Gasteiger partial charge in [-0.25, -0.2) is 19.0 Å². The van der Waals surface area contributed by atoms with Crippen LogP contribution in [0.5, 0.6) is 0 Å². The third kappa shape index (κ3) is 6.55. The number of hydrogen-bond acceptors (Lipinski definition) is 7. The lowest BCUT2D eigenvalue weighted by Crippen LogP contribution is -2.47. The highest BCUT2D eigenvalue weighted by Crippen LogP contribution is 2.35. The molecular weight excluding hydrogens is 466 g/mol. The summed E-state index contributed by atoms with van der Waals surface area (Å²) in [5.74, 6) is -5.22. The van der Waals surface area contributed by atoms with Crippen LogP contribution in [0.25, 0.3) is 0 Å². The lowest BCUT2D eigenvalue weighted by Gasteiger charge is -2.29. The van der Waals surface area contributed by atoms with Gasteiger partial charge < -0.3 is 19.9 Å². The van der Waals surface area contributed by atoms with Gasteiger partial charge in [0.1, 0.15) is 17.2 Å². The zero-order valence-electron chi connectivity index (χ0n) is 19.5. The molecule has 1 fully saturated rings. The van der Waals surface area contributed by atoms with Crippen molar-refractivity contribution in [3.8, 4) is 0 Å². The fourth-order valence-electron chi connectivity index (χ4n) is 3.12. The lowest BCUT2D eigenvalue weighted by molar-refractivity contribution is -0.160. The van der Waals surface area contributed by atoms with E-state index < -0.39 is 77.2 Å². The Morgan fingerprint density at radius 3 is 2.18 bits per heavy atom. The topological polar surface area (TPSA) is 118 Å². The van der Waals surface area contributed by atoms with Crippen LogP contribution in [0.1, 0.15) is 53.5 Å². The molecule has 0 spiro atoms. The minimum absolute atomic E-state index is 0.387. The number of amides is 2. The number of alkyl halides is 3. The molecule has 13 heteroatoms. The number of carbonyl (C=O) groups excluding carboxylic acids is 3. The van der Waals surface area contributed by atoms with Gasteiger partial charge in [-0.15, -0.1) is 0 Å². The van der Waals surface area contributed by atoms with Gasteiger partial charge in [-0.1, -0.05) is 0 Å². The van der Waals surface area contributed by atoms with Crippen LogP contribution in [0.2, 0.25) is 0 Å². The van der Waals surface area contributed by atoms with Crippen molar-refractivity contribution in [3.63, 3.8) is 0 Å². The summed E-state index contributed by atoms with van der Waals surface area (Å²) >= 11 is 0. The molecule has 0 bridgehead atoms. The first-order valence-electron chi connectivity index (χ1n) is 10.2. The number of ether oxygens (including phenoxy) is 2. The van der Waals surface area contributed by atoms with Crippen molar-refractivity contribution >= 4 is 23.8 Å². The van der Waals surface area contributed by atoms with Crippen LogP contribution in [-0.2, 0) is 25.2 Å². The quantitative estimate of drug-likeness (QED) is 0.490. The van der Waals surface area contributed by atoms with E-state index in [-0.39, 0.29) is 0 Å². The highest BCUT2D eigenvalue weighted by Gasteiger charge is 2.54. The van der Waals surface area contributed by atoms with Crippen molar-refractivity contribution in [2.75, 3.05) is 11.9 Å². The molecule has 1 aliphatic heterocycles. The first kappa shape index (κ1) is 27.3. The number of pyridine rings is 1. The smallest absolute Gasteiger partial charge is 0.419 e. The molecule has 0 saturated carbocycles. The van der Waals surface area contributed by atoms with E-state index in [0.717, 1.165) is 4.90 Å². The van der Waals surface area contributed by atoms with Crippen LogP contribution in [0.15, 0.2) is 12.3 Å². The van der Waals surface area contributed by atoms with Crippen molar-refractivity contribution in [2.45, 2.75) is 77.0 Å². The summed E-state index contributed by atoms with van der Waals surface area (Å²) in [5.41, 5.74) is -6.10. The summed E-state index contributed by atoms with van der Waals surface area (Å²) in [6.45, 7) is 8.62. The summed E-state index contributed by atoms with van der Waals surface area (Å²) in [7, 11) is 0.